The minimum atomic E-state index is 1.08. The Hall–Kier alpha value is -1.31. The number of aryl methyl sites for hydroxylation is 4. The molecule has 0 unspecified atom stereocenters. The van der Waals surface area contributed by atoms with Crippen molar-refractivity contribution in [3.8, 4) is 0 Å². The molecule has 74 valence electrons. The van der Waals surface area contributed by atoms with Gasteiger partial charge < -0.3 is 4.57 Å². The summed E-state index contributed by atoms with van der Waals surface area (Å²) in [6.45, 7) is 8.51. The molecule has 0 spiro atoms. The van der Waals surface area contributed by atoms with Gasteiger partial charge >= 0.3 is 0 Å². The van der Waals surface area contributed by atoms with Crippen LogP contribution in [-0.4, -0.2) is 9.55 Å². The van der Waals surface area contributed by atoms with Gasteiger partial charge in [-0.3, -0.25) is 0 Å². The second kappa shape index (κ2) is 2.84. The standard InChI is InChI=1S/C12H16N2/c1-7-6-11-12(9(3)8(7)2)13-10(4)14(11)5/h6H,1-5H3. The first-order valence-corrected chi connectivity index (χ1v) is 4.92. The summed E-state index contributed by atoms with van der Waals surface area (Å²) in [5.41, 5.74) is 6.40. The molecular weight excluding hydrogens is 172 g/mol. The topological polar surface area (TPSA) is 17.8 Å². The van der Waals surface area contributed by atoms with Crippen molar-refractivity contribution in [3.05, 3.63) is 28.6 Å². The first kappa shape index (κ1) is 9.25. The van der Waals surface area contributed by atoms with E-state index in [0.29, 0.717) is 0 Å². The molecular formula is C12H16N2. The Morgan fingerprint density at radius 2 is 1.71 bits per heavy atom. The maximum Gasteiger partial charge on any atom is 0.106 e. The average Bonchev–Trinajstić information content (AvgIpc) is 2.42. The molecule has 0 saturated carbocycles. The molecule has 14 heavy (non-hydrogen) atoms. The van der Waals surface area contributed by atoms with Crippen LogP contribution in [0.5, 0.6) is 0 Å². The van der Waals surface area contributed by atoms with Crippen molar-refractivity contribution in [2.45, 2.75) is 27.7 Å². The zero-order chi connectivity index (χ0) is 10.5. The quantitative estimate of drug-likeness (QED) is 0.621. The minimum absolute atomic E-state index is 1.08. The number of hydrogen-bond acceptors (Lipinski definition) is 1. The number of aromatic nitrogens is 2. The van der Waals surface area contributed by atoms with Crippen LogP contribution in [0.2, 0.25) is 0 Å². The van der Waals surface area contributed by atoms with E-state index in [-0.39, 0.29) is 0 Å². The van der Waals surface area contributed by atoms with Crippen LogP contribution in [0.25, 0.3) is 11.0 Å². The number of nitrogens with zero attached hydrogens (tertiary/aromatic N) is 2. The number of fused-ring (bicyclic) bond motifs is 1. The Morgan fingerprint density at radius 1 is 1.07 bits per heavy atom. The van der Waals surface area contributed by atoms with Gasteiger partial charge in [-0.2, -0.15) is 0 Å². The normalized spacial score (nSPS) is 11.2. The van der Waals surface area contributed by atoms with Gasteiger partial charge in [-0.25, -0.2) is 4.98 Å². The summed E-state index contributed by atoms with van der Waals surface area (Å²) in [4.78, 5) is 4.58. The average molecular weight is 188 g/mol. The molecule has 0 aliphatic carbocycles. The second-order valence-corrected chi connectivity index (χ2v) is 4.03. The van der Waals surface area contributed by atoms with Crippen molar-refractivity contribution in [1.29, 1.82) is 0 Å². The lowest BCUT2D eigenvalue weighted by Crippen LogP contribution is -1.92. The summed E-state index contributed by atoms with van der Waals surface area (Å²) in [7, 11) is 2.07. The fraction of sp³-hybridized carbons (Fsp3) is 0.417. The van der Waals surface area contributed by atoms with Crippen LogP contribution in [0.15, 0.2) is 6.07 Å². The summed E-state index contributed by atoms with van der Waals surface area (Å²) in [6, 6.07) is 2.22. The number of hydrogen-bond donors (Lipinski definition) is 0. The van der Waals surface area contributed by atoms with E-state index in [0.717, 1.165) is 11.3 Å². The molecule has 1 heterocycles. The molecule has 0 aliphatic heterocycles. The lowest BCUT2D eigenvalue weighted by molar-refractivity contribution is 0.885. The fourth-order valence-corrected chi connectivity index (χ4v) is 1.86. The van der Waals surface area contributed by atoms with Crippen molar-refractivity contribution in [3.63, 3.8) is 0 Å². The molecule has 0 bridgehead atoms. The van der Waals surface area contributed by atoms with Gasteiger partial charge in [0.2, 0.25) is 0 Å². The van der Waals surface area contributed by atoms with Gasteiger partial charge in [0.15, 0.2) is 0 Å². The summed E-state index contributed by atoms with van der Waals surface area (Å²) in [5, 5.41) is 0. The molecule has 2 nitrogen and oxygen atoms in total. The van der Waals surface area contributed by atoms with Crippen molar-refractivity contribution >= 4 is 11.0 Å². The predicted molar refractivity (Wildman–Crippen MR) is 59.7 cm³/mol. The van der Waals surface area contributed by atoms with Gasteiger partial charge in [0.05, 0.1) is 11.0 Å². The lowest BCUT2D eigenvalue weighted by Gasteiger charge is -2.05. The second-order valence-electron chi connectivity index (χ2n) is 4.03. The zero-order valence-corrected chi connectivity index (χ0v) is 9.47. The van der Waals surface area contributed by atoms with E-state index in [1.807, 2.05) is 6.92 Å². The molecule has 0 radical (unpaired) electrons. The van der Waals surface area contributed by atoms with E-state index in [2.05, 4.69) is 43.4 Å². The highest BCUT2D eigenvalue weighted by molar-refractivity contribution is 5.81. The van der Waals surface area contributed by atoms with E-state index < -0.39 is 0 Å². The van der Waals surface area contributed by atoms with Crippen LogP contribution in [0, 0.1) is 27.7 Å². The van der Waals surface area contributed by atoms with Crippen LogP contribution in [0.1, 0.15) is 22.5 Å². The molecule has 0 amide bonds. The number of imidazole rings is 1. The number of benzene rings is 1. The molecule has 2 rings (SSSR count). The summed E-state index contributed by atoms with van der Waals surface area (Å²) < 4.78 is 2.15. The molecule has 2 aromatic rings. The molecule has 2 heteroatoms. The van der Waals surface area contributed by atoms with E-state index in [1.165, 1.54) is 22.2 Å². The Kier molecular flexibility index (Phi) is 1.88. The highest BCUT2D eigenvalue weighted by atomic mass is 15.0. The maximum absolute atomic E-state index is 4.58. The van der Waals surface area contributed by atoms with Gasteiger partial charge in [-0.05, 0) is 50.5 Å². The fourth-order valence-electron chi connectivity index (χ4n) is 1.86. The van der Waals surface area contributed by atoms with Crippen LogP contribution in [0.3, 0.4) is 0 Å². The van der Waals surface area contributed by atoms with E-state index in [4.69, 9.17) is 0 Å². The van der Waals surface area contributed by atoms with Crippen LogP contribution in [-0.2, 0) is 7.05 Å². The first-order chi connectivity index (χ1) is 6.52. The highest BCUT2D eigenvalue weighted by Crippen LogP contribution is 2.24. The smallest absolute Gasteiger partial charge is 0.106 e. The third-order valence-electron chi connectivity index (χ3n) is 3.23. The van der Waals surface area contributed by atoms with Gasteiger partial charge in [0.25, 0.3) is 0 Å². The zero-order valence-electron chi connectivity index (χ0n) is 9.47. The van der Waals surface area contributed by atoms with Gasteiger partial charge in [-0.15, -0.1) is 0 Å². The molecule has 0 fully saturated rings. The molecule has 1 aromatic carbocycles. The number of rotatable bonds is 0. The third kappa shape index (κ3) is 1.07. The SMILES string of the molecule is Cc1cc2c(nc(C)n2C)c(C)c1C. The van der Waals surface area contributed by atoms with Crippen LogP contribution < -0.4 is 0 Å². The Labute approximate surface area is 84.6 Å². The van der Waals surface area contributed by atoms with Gasteiger partial charge in [0, 0.05) is 7.05 Å². The van der Waals surface area contributed by atoms with Crippen molar-refractivity contribution in [2.75, 3.05) is 0 Å². The summed E-state index contributed by atoms with van der Waals surface area (Å²) in [5.74, 6) is 1.08. The van der Waals surface area contributed by atoms with E-state index in [9.17, 15) is 0 Å². The molecule has 0 atom stereocenters. The van der Waals surface area contributed by atoms with Crippen LogP contribution in [0.4, 0.5) is 0 Å². The maximum atomic E-state index is 4.58. The molecule has 1 aromatic heterocycles. The third-order valence-corrected chi connectivity index (χ3v) is 3.23. The largest absolute Gasteiger partial charge is 0.331 e. The molecule has 0 N–H and O–H groups in total. The van der Waals surface area contributed by atoms with E-state index in [1.54, 1.807) is 0 Å². The Bertz CT molecular complexity index is 507. The Morgan fingerprint density at radius 3 is 2.36 bits per heavy atom. The highest BCUT2D eigenvalue weighted by Gasteiger charge is 2.09. The van der Waals surface area contributed by atoms with Crippen molar-refractivity contribution in [2.24, 2.45) is 7.05 Å². The molecule has 0 aliphatic rings. The van der Waals surface area contributed by atoms with Crippen molar-refractivity contribution in [1.82, 2.24) is 9.55 Å². The lowest BCUT2D eigenvalue weighted by atomic mass is 10.0. The molecule has 0 saturated heterocycles. The van der Waals surface area contributed by atoms with E-state index >= 15 is 0 Å². The first-order valence-electron chi connectivity index (χ1n) is 4.92. The predicted octanol–water partition coefficient (Wildman–Crippen LogP) is 2.81. The van der Waals surface area contributed by atoms with Crippen LogP contribution >= 0.6 is 0 Å². The van der Waals surface area contributed by atoms with Gasteiger partial charge in [0.1, 0.15) is 5.82 Å². The minimum Gasteiger partial charge on any atom is -0.331 e. The van der Waals surface area contributed by atoms with Gasteiger partial charge in [-0.1, -0.05) is 0 Å². The van der Waals surface area contributed by atoms with Crippen molar-refractivity contribution < 1.29 is 0 Å². The summed E-state index contributed by atoms with van der Waals surface area (Å²) >= 11 is 0. The monoisotopic (exact) mass is 188 g/mol. The Balaban J connectivity index is 2.98. The summed E-state index contributed by atoms with van der Waals surface area (Å²) in [6.07, 6.45) is 0.